The Morgan fingerprint density at radius 2 is 1.55 bits per heavy atom. The van der Waals surface area contributed by atoms with Crippen molar-refractivity contribution in [3.8, 4) is 11.8 Å². The molecule has 3 aromatic carbocycles. The minimum atomic E-state index is -0.713. The van der Waals surface area contributed by atoms with Gasteiger partial charge in [-0.3, -0.25) is 19.3 Å². The molecule has 3 aromatic rings. The Kier molecular flexibility index (Phi) is 11.8. The van der Waals surface area contributed by atoms with Crippen LogP contribution in [0.1, 0.15) is 79.7 Å². The number of anilines is 2. The Morgan fingerprint density at radius 1 is 0.897 bits per heavy atom. The molecule has 0 spiro atoms. The fourth-order valence-electron chi connectivity index (χ4n) is 9.59. The third-order valence-corrected chi connectivity index (χ3v) is 13.0. The van der Waals surface area contributed by atoms with E-state index in [1.165, 1.54) is 6.07 Å². The maximum Gasteiger partial charge on any atom is 0.254 e. The number of nitrogens with zero attached hydrogens (tertiary/aromatic N) is 4. The molecule has 11 nitrogen and oxygen atoms in total. The SMILES string of the molecule is C=C1CCC(NC(=O)c2cc(N3CCN(CC4CCN(c5ccc(C(=O)NC6C(C)(C)C(Oc7ccc(C#N)c(Cl)c7)C6(C)C)cc5)CC4)CC3)ccc2F)C(=O)N1. The first-order valence-electron chi connectivity index (χ1n) is 20.2. The Morgan fingerprint density at radius 3 is 2.19 bits per heavy atom. The first kappa shape index (κ1) is 41.1. The number of benzene rings is 3. The van der Waals surface area contributed by atoms with Gasteiger partial charge < -0.3 is 30.5 Å². The van der Waals surface area contributed by atoms with E-state index in [1.807, 2.05) is 24.3 Å². The molecule has 0 bridgehead atoms. The number of piperidine rings is 2. The number of hydrogen-bond acceptors (Lipinski definition) is 8. The van der Waals surface area contributed by atoms with Gasteiger partial charge in [-0.25, -0.2) is 4.39 Å². The van der Waals surface area contributed by atoms with E-state index < -0.39 is 17.8 Å². The van der Waals surface area contributed by atoms with Crippen molar-refractivity contribution >= 4 is 40.7 Å². The number of halogens is 2. The van der Waals surface area contributed by atoms with Crippen molar-refractivity contribution in [1.82, 2.24) is 20.9 Å². The van der Waals surface area contributed by atoms with Crippen molar-refractivity contribution in [2.24, 2.45) is 16.7 Å². The minimum Gasteiger partial charge on any atom is -0.489 e. The molecule has 4 fully saturated rings. The van der Waals surface area contributed by atoms with Crippen LogP contribution in [0.2, 0.25) is 5.02 Å². The van der Waals surface area contributed by atoms with E-state index in [9.17, 15) is 24.0 Å². The normalized spacial score (nSPS) is 23.3. The van der Waals surface area contributed by atoms with Crippen molar-refractivity contribution in [3.05, 3.63) is 100 Å². The zero-order valence-electron chi connectivity index (χ0n) is 33.7. The highest BCUT2D eigenvalue weighted by Gasteiger charge is 2.64. The lowest BCUT2D eigenvalue weighted by atomic mass is 9.49. The third-order valence-electron chi connectivity index (χ3n) is 12.6. The lowest BCUT2D eigenvalue weighted by molar-refractivity contribution is -0.164. The highest BCUT2D eigenvalue weighted by atomic mass is 35.5. The van der Waals surface area contributed by atoms with E-state index in [2.05, 4.69) is 71.0 Å². The van der Waals surface area contributed by atoms with Gasteiger partial charge in [0.2, 0.25) is 5.91 Å². The molecule has 0 radical (unpaired) electrons. The Bertz CT molecular complexity index is 2090. The molecule has 1 unspecified atom stereocenters. The second-order valence-corrected chi connectivity index (χ2v) is 17.8. The number of nitriles is 1. The van der Waals surface area contributed by atoms with Gasteiger partial charge in [0, 0.05) is 91.4 Å². The molecule has 0 aromatic heterocycles. The first-order chi connectivity index (χ1) is 27.6. The molecular weight excluding hydrogens is 757 g/mol. The Balaban J connectivity index is 0.853. The molecule has 3 heterocycles. The number of piperazine rings is 1. The Labute approximate surface area is 345 Å². The van der Waals surface area contributed by atoms with Crippen molar-refractivity contribution in [2.75, 3.05) is 55.6 Å². The standard InChI is InChI=1S/C45H53ClFN7O4/c1-28-6-15-38(41(57)49-28)50-40(56)35-24-33(12-14-37(35)47)54-22-20-52(21-23-54)27-29-16-18-53(19-17-29)32-10-7-30(8-11-32)39(55)51-42-44(2,3)43(45(42,4)5)58-34-13-9-31(26-48)36(46)25-34/h7-14,24-25,29,38,42-43H,1,6,15-23,27H2,2-5H3,(H,49,57)(H,50,56)(H,51,55). The number of carbonyl (C=O) groups excluding carboxylic acids is 3. The maximum atomic E-state index is 14.8. The largest absolute Gasteiger partial charge is 0.489 e. The molecule has 58 heavy (non-hydrogen) atoms. The topological polar surface area (TPSA) is 130 Å². The second-order valence-electron chi connectivity index (χ2n) is 17.4. The van der Waals surface area contributed by atoms with Crippen molar-refractivity contribution in [3.63, 3.8) is 0 Å². The number of allylic oxidation sites excluding steroid dienone is 1. The van der Waals surface area contributed by atoms with Crippen LogP contribution in [0.5, 0.6) is 5.75 Å². The molecule has 306 valence electrons. The van der Waals surface area contributed by atoms with Crippen molar-refractivity contribution in [2.45, 2.75) is 71.6 Å². The van der Waals surface area contributed by atoms with Crippen LogP contribution >= 0.6 is 11.6 Å². The molecule has 1 atom stereocenters. The summed E-state index contributed by atoms with van der Waals surface area (Å²) < 4.78 is 21.1. The van der Waals surface area contributed by atoms with E-state index in [0.717, 1.165) is 70.0 Å². The van der Waals surface area contributed by atoms with Gasteiger partial charge in [0.1, 0.15) is 29.8 Å². The van der Waals surface area contributed by atoms with E-state index >= 15 is 0 Å². The zero-order valence-corrected chi connectivity index (χ0v) is 34.5. The summed E-state index contributed by atoms with van der Waals surface area (Å²) in [5, 5.41) is 18.2. The van der Waals surface area contributed by atoms with Crippen LogP contribution in [0.15, 0.2) is 72.9 Å². The number of nitrogens with one attached hydrogen (secondary N) is 3. The minimum absolute atomic E-state index is 0.0584. The van der Waals surface area contributed by atoms with E-state index in [0.29, 0.717) is 46.4 Å². The molecule has 1 saturated carbocycles. The monoisotopic (exact) mass is 809 g/mol. The van der Waals surface area contributed by atoms with Gasteiger partial charge in [0.15, 0.2) is 0 Å². The van der Waals surface area contributed by atoms with Gasteiger partial charge >= 0.3 is 0 Å². The lowest BCUT2D eigenvalue weighted by Crippen LogP contribution is -2.74. The van der Waals surface area contributed by atoms with Crippen LogP contribution in [-0.2, 0) is 4.79 Å². The molecule has 4 aliphatic rings. The summed E-state index contributed by atoms with van der Waals surface area (Å²) >= 11 is 6.25. The van der Waals surface area contributed by atoms with Gasteiger partial charge in [0.05, 0.1) is 16.1 Å². The third kappa shape index (κ3) is 8.52. The van der Waals surface area contributed by atoms with Gasteiger partial charge in [-0.1, -0.05) is 45.9 Å². The molecule has 7 rings (SSSR count). The predicted molar refractivity (Wildman–Crippen MR) is 224 cm³/mol. The van der Waals surface area contributed by atoms with Gasteiger partial charge in [-0.15, -0.1) is 0 Å². The smallest absolute Gasteiger partial charge is 0.254 e. The van der Waals surface area contributed by atoms with Gasteiger partial charge in [0.25, 0.3) is 11.8 Å². The average Bonchev–Trinajstić information content (AvgIpc) is 3.20. The highest BCUT2D eigenvalue weighted by molar-refractivity contribution is 6.31. The first-order valence-corrected chi connectivity index (χ1v) is 20.6. The summed E-state index contributed by atoms with van der Waals surface area (Å²) in [5.41, 5.74) is 2.79. The van der Waals surface area contributed by atoms with Crippen LogP contribution < -0.4 is 30.5 Å². The van der Waals surface area contributed by atoms with Crippen LogP contribution in [-0.4, -0.2) is 86.6 Å². The maximum absolute atomic E-state index is 14.8. The van der Waals surface area contributed by atoms with Gasteiger partial charge in [-0.05, 0) is 86.2 Å². The average molecular weight is 810 g/mol. The summed E-state index contributed by atoms with van der Waals surface area (Å²) in [6, 6.07) is 18.9. The number of ether oxygens (including phenoxy) is 1. The Hall–Kier alpha value is -5.12. The number of carbonyl (C=O) groups is 3. The van der Waals surface area contributed by atoms with E-state index in [1.54, 1.807) is 30.3 Å². The van der Waals surface area contributed by atoms with Crippen LogP contribution in [0.4, 0.5) is 15.8 Å². The molecule has 3 saturated heterocycles. The number of rotatable bonds is 10. The molecule has 3 N–H and O–H groups in total. The summed E-state index contributed by atoms with van der Waals surface area (Å²) in [6.45, 7) is 18.4. The van der Waals surface area contributed by atoms with Gasteiger partial charge in [-0.2, -0.15) is 5.26 Å². The van der Waals surface area contributed by atoms with Crippen LogP contribution in [0.25, 0.3) is 0 Å². The molecule has 3 amide bonds. The lowest BCUT2D eigenvalue weighted by Gasteiger charge is -2.63. The predicted octanol–water partition coefficient (Wildman–Crippen LogP) is 6.52. The molecular formula is C45H53ClFN7O4. The van der Waals surface area contributed by atoms with E-state index in [4.69, 9.17) is 16.3 Å². The summed E-state index contributed by atoms with van der Waals surface area (Å²) in [5.74, 6) is -0.460. The number of hydrogen-bond donors (Lipinski definition) is 3. The summed E-state index contributed by atoms with van der Waals surface area (Å²) in [6.07, 6.45) is 2.98. The van der Waals surface area contributed by atoms with Crippen LogP contribution in [0, 0.1) is 33.9 Å². The van der Waals surface area contributed by atoms with E-state index in [-0.39, 0.29) is 40.4 Å². The second kappa shape index (κ2) is 16.6. The molecule has 3 aliphatic heterocycles. The highest BCUT2D eigenvalue weighted by Crippen LogP contribution is 2.55. The molecule has 13 heteroatoms. The fourth-order valence-corrected chi connectivity index (χ4v) is 9.81. The number of amides is 3. The summed E-state index contributed by atoms with van der Waals surface area (Å²) in [7, 11) is 0. The zero-order chi connectivity index (χ0) is 41.4. The quantitative estimate of drug-likeness (QED) is 0.211. The molecule has 1 aliphatic carbocycles. The van der Waals surface area contributed by atoms with Crippen molar-refractivity contribution in [1.29, 1.82) is 5.26 Å². The fraction of sp³-hybridized carbons (Fsp3) is 0.467. The van der Waals surface area contributed by atoms with Crippen LogP contribution in [0.3, 0.4) is 0 Å². The summed E-state index contributed by atoms with van der Waals surface area (Å²) in [4.78, 5) is 45.8. The van der Waals surface area contributed by atoms with Crippen molar-refractivity contribution < 1.29 is 23.5 Å².